The van der Waals surface area contributed by atoms with Crippen LogP contribution in [-0.4, -0.2) is 30.6 Å². The molecule has 3 rings (SSSR count). The number of carbonyl (C=O) groups is 2. The van der Waals surface area contributed by atoms with Crippen molar-refractivity contribution in [2.75, 3.05) is 11.4 Å². The van der Waals surface area contributed by atoms with E-state index in [1.807, 2.05) is 18.2 Å². The first kappa shape index (κ1) is 13.3. The second kappa shape index (κ2) is 5.34. The largest absolute Gasteiger partial charge is 0.355 e. The summed E-state index contributed by atoms with van der Waals surface area (Å²) in [5.41, 5.74) is 7.25. The van der Waals surface area contributed by atoms with Crippen molar-refractivity contribution in [3.05, 3.63) is 29.8 Å². The molecular formula is C15H18N2O3. The van der Waals surface area contributed by atoms with Crippen LogP contribution < -0.4 is 10.6 Å². The number of fused-ring (bicyclic) bond motifs is 2. The maximum absolute atomic E-state index is 12.3. The maximum Gasteiger partial charge on any atom is 0.262 e. The minimum atomic E-state index is -0.453. The van der Waals surface area contributed by atoms with E-state index in [2.05, 4.69) is 0 Å². The molecule has 0 aliphatic carbocycles. The Morgan fingerprint density at radius 1 is 1.20 bits per heavy atom. The Balaban J connectivity index is 1.88. The van der Waals surface area contributed by atoms with Gasteiger partial charge < -0.3 is 10.5 Å². The van der Waals surface area contributed by atoms with Crippen LogP contribution in [0.4, 0.5) is 5.69 Å². The molecular weight excluding hydrogens is 256 g/mol. The molecule has 1 aromatic rings. The van der Waals surface area contributed by atoms with Crippen LogP contribution in [0, 0.1) is 0 Å². The number of hydrogen-bond acceptors (Lipinski definition) is 4. The van der Waals surface area contributed by atoms with Gasteiger partial charge in [0.1, 0.15) is 12.2 Å². The number of anilines is 1. The fourth-order valence-corrected chi connectivity index (χ4v) is 2.81. The van der Waals surface area contributed by atoms with E-state index in [1.165, 1.54) is 4.90 Å². The van der Waals surface area contributed by atoms with Crippen molar-refractivity contribution >= 4 is 17.5 Å². The maximum atomic E-state index is 12.3. The molecule has 2 aliphatic heterocycles. The molecule has 0 spiro atoms. The molecule has 2 fully saturated rings. The summed E-state index contributed by atoms with van der Waals surface area (Å²) in [5, 5.41) is 0. The van der Waals surface area contributed by atoms with Gasteiger partial charge in [-0.3, -0.25) is 9.59 Å². The van der Waals surface area contributed by atoms with E-state index < -0.39 is 12.2 Å². The van der Waals surface area contributed by atoms with E-state index in [1.54, 1.807) is 6.07 Å². The first-order valence-corrected chi connectivity index (χ1v) is 7.03. The van der Waals surface area contributed by atoms with Gasteiger partial charge in [0.2, 0.25) is 0 Å². The number of carbonyl (C=O) groups excluding carboxylic acids is 2. The number of amides is 2. The van der Waals surface area contributed by atoms with Crippen molar-refractivity contribution in [3.63, 3.8) is 0 Å². The number of morpholine rings is 1. The molecule has 2 aliphatic rings. The average molecular weight is 274 g/mol. The number of imide groups is 1. The lowest BCUT2D eigenvalue weighted by molar-refractivity contribution is -0.146. The SMILES string of the molecule is NCCCc1cccc(N2C(=O)C3CCC(O3)C2=O)c1. The Bertz CT molecular complexity index is 522. The number of benzene rings is 1. The highest BCUT2D eigenvalue weighted by Gasteiger charge is 2.47. The number of ether oxygens (including phenoxy) is 1. The quantitative estimate of drug-likeness (QED) is 0.831. The Kier molecular flexibility index (Phi) is 3.54. The smallest absolute Gasteiger partial charge is 0.262 e. The molecule has 0 saturated carbocycles. The van der Waals surface area contributed by atoms with E-state index in [0.717, 1.165) is 18.4 Å². The lowest BCUT2D eigenvalue weighted by atomic mass is 10.1. The summed E-state index contributed by atoms with van der Waals surface area (Å²) >= 11 is 0. The van der Waals surface area contributed by atoms with Gasteiger partial charge in [-0.05, 0) is 49.9 Å². The summed E-state index contributed by atoms with van der Waals surface area (Å²) in [6, 6.07) is 7.56. The molecule has 2 atom stereocenters. The van der Waals surface area contributed by atoms with Gasteiger partial charge in [0.05, 0.1) is 5.69 Å². The Morgan fingerprint density at radius 2 is 1.90 bits per heavy atom. The van der Waals surface area contributed by atoms with E-state index in [9.17, 15) is 9.59 Å². The number of rotatable bonds is 4. The summed E-state index contributed by atoms with van der Waals surface area (Å²) in [6.07, 6.45) is 2.11. The van der Waals surface area contributed by atoms with E-state index in [-0.39, 0.29) is 11.8 Å². The standard InChI is InChI=1S/C15H18N2O3/c16-8-2-4-10-3-1-5-11(9-10)17-14(18)12-6-7-13(20-12)15(17)19/h1,3,5,9,12-13H,2,4,6-8,16H2. The van der Waals surface area contributed by atoms with E-state index in [4.69, 9.17) is 10.5 Å². The summed E-state index contributed by atoms with van der Waals surface area (Å²) in [4.78, 5) is 25.8. The third kappa shape index (κ3) is 2.23. The molecule has 5 nitrogen and oxygen atoms in total. The molecule has 2 unspecified atom stereocenters. The highest BCUT2D eigenvalue weighted by atomic mass is 16.5. The molecule has 20 heavy (non-hydrogen) atoms. The molecule has 0 aromatic heterocycles. The predicted octanol–water partition coefficient (Wildman–Crippen LogP) is 0.999. The second-order valence-corrected chi connectivity index (χ2v) is 5.26. The molecule has 2 bridgehead atoms. The number of aryl methyl sites for hydroxylation is 1. The van der Waals surface area contributed by atoms with Crippen LogP contribution in [0.2, 0.25) is 0 Å². The first-order chi connectivity index (χ1) is 9.70. The van der Waals surface area contributed by atoms with Crippen LogP contribution in [0.3, 0.4) is 0 Å². The van der Waals surface area contributed by atoms with Crippen molar-refractivity contribution in [2.45, 2.75) is 37.9 Å². The van der Waals surface area contributed by atoms with Crippen molar-refractivity contribution < 1.29 is 14.3 Å². The molecule has 2 saturated heterocycles. The summed E-state index contributed by atoms with van der Waals surface area (Å²) in [6.45, 7) is 0.629. The second-order valence-electron chi connectivity index (χ2n) is 5.26. The van der Waals surface area contributed by atoms with Gasteiger partial charge in [0, 0.05) is 0 Å². The van der Waals surface area contributed by atoms with Crippen molar-refractivity contribution in [2.24, 2.45) is 5.73 Å². The van der Waals surface area contributed by atoms with Gasteiger partial charge in [0.25, 0.3) is 11.8 Å². The summed E-state index contributed by atoms with van der Waals surface area (Å²) < 4.78 is 5.41. The van der Waals surface area contributed by atoms with Crippen LogP contribution in [-0.2, 0) is 20.7 Å². The van der Waals surface area contributed by atoms with Crippen molar-refractivity contribution in [1.29, 1.82) is 0 Å². The van der Waals surface area contributed by atoms with Gasteiger partial charge in [-0.1, -0.05) is 12.1 Å². The van der Waals surface area contributed by atoms with Crippen LogP contribution >= 0.6 is 0 Å². The topological polar surface area (TPSA) is 72.6 Å². The van der Waals surface area contributed by atoms with Crippen LogP contribution in [0.15, 0.2) is 24.3 Å². The molecule has 106 valence electrons. The van der Waals surface area contributed by atoms with E-state index >= 15 is 0 Å². The third-order valence-electron chi connectivity index (χ3n) is 3.85. The fourth-order valence-electron chi connectivity index (χ4n) is 2.81. The van der Waals surface area contributed by atoms with Gasteiger partial charge in [-0.25, -0.2) is 4.90 Å². The minimum Gasteiger partial charge on any atom is -0.355 e. The van der Waals surface area contributed by atoms with Crippen molar-refractivity contribution in [3.8, 4) is 0 Å². The zero-order chi connectivity index (χ0) is 14.1. The third-order valence-corrected chi connectivity index (χ3v) is 3.85. The van der Waals surface area contributed by atoms with Gasteiger partial charge >= 0.3 is 0 Å². The van der Waals surface area contributed by atoms with E-state index in [0.29, 0.717) is 25.1 Å². The molecule has 2 heterocycles. The van der Waals surface area contributed by atoms with Gasteiger partial charge in [0.15, 0.2) is 0 Å². The first-order valence-electron chi connectivity index (χ1n) is 7.03. The van der Waals surface area contributed by atoms with Crippen LogP contribution in [0.5, 0.6) is 0 Å². The monoisotopic (exact) mass is 274 g/mol. The van der Waals surface area contributed by atoms with Crippen molar-refractivity contribution in [1.82, 2.24) is 0 Å². The Morgan fingerprint density at radius 3 is 2.55 bits per heavy atom. The summed E-state index contributed by atoms with van der Waals surface area (Å²) in [7, 11) is 0. The lowest BCUT2D eigenvalue weighted by Crippen LogP contribution is -2.52. The summed E-state index contributed by atoms with van der Waals surface area (Å²) in [5.74, 6) is -0.473. The van der Waals surface area contributed by atoms with Gasteiger partial charge in [-0.2, -0.15) is 0 Å². The fraction of sp³-hybridized carbons (Fsp3) is 0.467. The Labute approximate surface area is 117 Å². The minimum absolute atomic E-state index is 0.236. The molecule has 1 aromatic carbocycles. The number of nitrogens with zero attached hydrogens (tertiary/aromatic N) is 1. The number of hydrogen-bond donors (Lipinski definition) is 1. The molecule has 2 N–H and O–H groups in total. The van der Waals surface area contributed by atoms with Crippen LogP contribution in [0.1, 0.15) is 24.8 Å². The molecule has 0 radical (unpaired) electrons. The number of nitrogens with two attached hydrogens (primary N) is 1. The highest BCUT2D eigenvalue weighted by Crippen LogP contribution is 2.32. The predicted molar refractivity (Wildman–Crippen MR) is 74.2 cm³/mol. The normalized spacial score (nSPS) is 25.4. The van der Waals surface area contributed by atoms with Gasteiger partial charge in [-0.15, -0.1) is 0 Å². The zero-order valence-electron chi connectivity index (χ0n) is 11.2. The molecule has 5 heteroatoms. The average Bonchev–Trinajstić information content (AvgIpc) is 2.91. The Hall–Kier alpha value is -1.72. The highest BCUT2D eigenvalue weighted by molar-refractivity contribution is 6.19. The lowest BCUT2D eigenvalue weighted by Gasteiger charge is -2.30. The molecule has 2 amide bonds. The van der Waals surface area contributed by atoms with Crippen LogP contribution in [0.25, 0.3) is 0 Å². The zero-order valence-corrected chi connectivity index (χ0v) is 11.2.